The molecule has 0 aromatic rings. The molecular weight excluding hydrogens is 268 g/mol. The van der Waals surface area contributed by atoms with Gasteiger partial charge in [-0.2, -0.15) is 0 Å². The molecule has 0 radical (unpaired) electrons. The van der Waals surface area contributed by atoms with Gasteiger partial charge in [-0.15, -0.1) is 0 Å². The molecular formula is C20H28Si. The predicted molar refractivity (Wildman–Crippen MR) is 94.4 cm³/mol. The molecule has 0 aromatic carbocycles. The zero-order valence-corrected chi connectivity index (χ0v) is 14.7. The predicted octanol–water partition coefficient (Wildman–Crippen LogP) is 5.11. The van der Waals surface area contributed by atoms with E-state index in [1.54, 1.807) is 11.1 Å². The van der Waals surface area contributed by atoms with Crippen molar-refractivity contribution in [3.8, 4) is 0 Å². The smallest absolute Gasteiger partial charge is 0.0218 e. The van der Waals surface area contributed by atoms with Crippen molar-refractivity contribution in [1.82, 2.24) is 0 Å². The van der Waals surface area contributed by atoms with E-state index in [4.69, 9.17) is 0 Å². The lowest BCUT2D eigenvalue weighted by Crippen LogP contribution is -2.10. The van der Waals surface area contributed by atoms with E-state index in [9.17, 15) is 0 Å². The molecule has 1 heteroatoms. The van der Waals surface area contributed by atoms with Crippen molar-refractivity contribution in [2.75, 3.05) is 0 Å². The van der Waals surface area contributed by atoms with Gasteiger partial charge in [-0.1, -0.05) is 47.5 Å². The van der Waals surface area contributed by atoms with Crippen LogP contribution in [-0.2, 0) is 0 Å². The molecule has 0 N–H and O–H groups in total. The minimum Gasteiger partial charge on any atom is -0.0774 e. The van der Waals surface area contributed by atoms with Gasteiger partial charge in [0.05, 0.1) is 0 Å². The van der Waals surface area contributed by atoms with Crippen molar-refractivity contribution in [3.63, 3.8) is 0 Å². The highest BCUT2D eigenvalue weighted by Gasteiger charge is 2.25. The first-order valence-corrected chi connectivity index (χ1v) is 11.2. The van der Waals surface area contributed by atoms with Gasteiger partial charge in [0.2, 0.25) is 0 Å². The molecule has 0 fully saturated rings. The van der Waals surface area contributed by atoms with E-state index in [0.29, 0.717) is 0 Å². The highest BCUT2D eigenvalue weighted by molar-refractivity contribution is 6.35. The molecule has 0 amide bonds. The summed E-state index contributed by atoms with van der Waals surface area (Å²) in [6, 6.07) is 3.06. The summed E-state index contributed by atoms with van der Waals surface area (Å²) in [5.41, 5.74) is 7.12. The van der Waals surface area contributed by atoms with Gasteiger partial charge in [-0.25, -0.2) is 0 Å². The molecule has 2 atom stereocenters. The standard InChI is InChI=1S/C20H28Si/c1-3-7-19-15(5-1)9-11-17(19)13-21-14-18-12-10-16-6-2-4-8-20(16)18/h9-12,17-18H,1-8,13-14,21H2. The third-order valence-corrected chi connectivity index (χ3v) is 8.15. The summed E-state index contributed by atoms with van der Waals surface area (Å²) in [4.78, 5) is 0. The van der Waals surface area contributed by atoms with Gasteiger partial charge in [-0.05, 0) is 74.3 Å². The summed E-state index contributed by atoms with van der Waals surface area (Å²) < 4.78 is 0. The van der Waals surface area contributed by atoms with Crippen LogP contribution < -0.4 is 0 Å². The molecule has 21 heavy (non-hydrogen) atoms. The molecule has 0 aliphatic heterocycles. The first-order chi connectivity index (χ1) is 10.4. The van der Waals surface area contributed by atoms with Crippen LogP contribution in [0.1, 0.15) is 51.4 Å². The summed E-state index contributed by atoms with van der Waals surface area (Å²) >= 11 is 0. The average Bonchev–Trinajstić information content (AvgIpc) is 3.13. The SMILES string of the molecule is C1=CC(C[SiH2]CC2C=CC3=C2CCCC3)C2=C1CCCC2. The van der Waals surface area contributed by atoms with Crippen LogP contribution in [0.3, 0.4) is 0 Å². The third-order valence-electron chi connectivity index (χ3n) is 6.09. The molecule has 0 nitrogen and oxygen atoms in total. The first kappa shape index (κ1) is 13.8. The fourth-order valence-electron chi connectivity index (χ4n) is 4.93. The molecule has 0 spiro atoms. The minimum atomic E-state index is 0.0870. The molecule has 4 rings (SSSR count). The Kier molecular flexibility index (Phi) is 4.03. The van der Waals surface area contributed by atoms with E-state index >= 15 is 0 Å². The van der Waals surface area contributed by atoms with Crippen LogP contribution in [0, 0.1) is 11.8 Å². The molecule has 0 saturated heterocycles. The fourth-order valence-corrected chi connectivity index (χ4v) is 7.12. The number of hydrogen-bond donors (Lipinski definition) is 0. The summed E-state index contributed by atoms with van der Waals surface area (Å²) in [6.07, 6.45) is 21.3. The molecule has 0 bridgehead atoms. The second-order valence-corrected chi connectivity index (χ2v) is 9.24. The maximum absolute atomic E-state index is 2.54. The summed E-state index contributed by atoms with van der Waals surface area (Å²) in [5.74, 6) is 1.72. The van der Waals surface area contributed by atoms with E-state index in [-0.39, 0.29) is 9.52 Å². The Hall–Kier alpha value is -0.823. The zero-order chi connectivity index (χ0) is 14.1. The maximum Gasteiger partial charge on any atom is 0.0218 e. The molecule has 0 aromatic heterocycles. The van der Waals surface area contributed by atoms with Crippen molar-refractivity contribution >= 4 is 9.52 Å². The van der Waals surface area contributed by atoms with Crippen LogP contribution >= 0.6 is 0 Å². The van der Waals surface area contributed by atoms with E-state index in [1.807, 2.05) is 11.1 Å². The molecule has 112 valence electrons. The van der Waals surface area contributed by atoms with Crippen molar-refractivity contribution in [3.05, 3.63) is 46.6 Å². The number of hydrogen-bond acceptors (Lipinski definition) is 0. The highest BCUT2D eigenvalue weighted by Crippen LogP contribution is 2.40. The van der Waals surface area contributed by atoms with Crippen molar-refractivity contribution < 1.29 is 0 Å². The lowest BCUT2D eigenvalue weighted by atomic mass is 9.89. The van der Waals surface area contributed by atoms with Crippen molar-refractivity contribution in [2.45, 2.75) is 63.5 Å². The maximum atomic E-state index is 2.54. The zero-order valence-electron chi connectivity index (χ0n) is 13.2. The topological polar surface area (TPSA) is 0 Å². The summed E-state index contributed by atoms with van der Waals surface area (Å²) in [7, 11) is 0.0870. The lowest BCUT2D eigenvalue weighted by molar-refractivity contribution is 0.637. The van der Waals surface area contributed by atoms with Crippen LogP contribution in [0.4, 0.5) is 0 Å². The Labute approximate surface area is 131 Å². The monoisotopic (exact) mass is 296 g/mol. The van der Waals surface area contributed by atoms with Gasteiger partial charge in [0.1, 0.15) is 0 Å². The quantitative estimate of drug-likeness (QED) is 0.633. The normalized spacial score (nSPS) is 31.6. The summed E-state index contributed by atoms with van der Waals surface area (Å²) in [5, 5.41) is 0. The van der Waals surface area contributed by atoms with Crippen molar-refractivity contribution in [1.29, 1.82) is 0 Å². The largest absolute Gasteiger partial charge is 0.0774 e. The second kappa shape index (κ2) is 6.12. The Morgan fingerprint density at radius 1 is 0.714 bits per heavy atom. The van der Waals surface area contributed by atoms with E-state index in [0.717, 1.165) is 11.8 Å². The van der Waals surface area contributed by atoms with Crippen LogP contribution in [0.15, 0.2) is 46.6 Å². The van der Waals surface area contributed by atoms with E-state index in [1.165, 1.54) is 63.5 Å². The second-order valence-electron chi connectivity index (χ2n) is 7.38. The molecule has 0 heterocycles. The molecule has 2 unspecified atom stereocenters. The van der Waals surface area contributed by atoms with E-state index < -0.39 is 0 Å². The molecule has 4 aliphatic rings. The lowest BCUT2D eigenvalue weighted by Gasteiger charge is -2.22. The highest BCUT2D eigenvalue weighted by atomic mass is 28.2. The Morgan fingerprint density at radius 2 is 1.19 bits per heavy atom. The fraction of sp³-hybridized carbons (Fsp3) is 0.600. The summed E-state index contributed by atoms with van der Waals surface area (Å²) in [6.45, 7) is 0. The van der Waals surface area contributed by atoms with Gasteiger partial charge in [0, 0.05) is 9.52 Å². The average molecular weight is 297 g/mol. The Morgan fingerprint density at radius 3 is 1.71 bits per heavy atom. The van der Waals surface area contributed by atoms with Gasteiger partial charge in [0.15, 0.2) is 0 Å². The van der Waals surface area contributed by atoms with Gasteiger partial charge < -0.3 is 0 Å². The van der Waals surface area contributed by atoms with Gasteiger partial charge >= 0.3 is 0 Å². The molecule has 0 saturated carbocycles. The Bertz CT molecular complexity index is 484. The van der Waals surface area contributed by atoms with Gasteiger partial charge in [-0.3, -0.25) is 0 Å². The Balaban J connectivity index is 1.31. The number of allylic oxidation sites excluding steroid dienone is 8. The van der Waals surface area contributed by atoms with Crippen LogP contribution in [0.5, 0.6) is 0 Å². The van der Waals surface area contributed by atoms with E-state index in [2.05, 4.69) is 24.3 Å². The van der Waals surface area contributed by atoms with Crippen LogP contribution in [0.2, 0.25) is 12.1 Å². The van der Waals surface area contributed by atoms with Crippen LogP contribution in [0.25, 0.3) is 0 Å². The van der Waals surface area contributed by atoms with Crippen molar-refractivity contribution in [2.24, 2.45) is 11.8 Å². The third kappa shape index (κ3) is 2.77. The number of rotatable bonds is 4. The first-order valence-electron chi connectivity index (χ1n) is 9.22. The van der Waals surface area contributed by atoms with Crippen LogP contribution in [-0.4, -0.2) is 9.52 Å². The van der Waals surface area contributed by atoms with Gasteiger partial charge in [0.25, 0.3) is 0 Å². The minimum absolute atomic E-state index is 0.0870. The molecule has 4 aliphatic carbocycles.